The quantitative estimate of drug-likeness (QED) is 0.784. The fourth-order valence-corrected chi connectivity index (χ4v) is 4.74. The van der Waals surface area contributed by atoms with Crippen LogP contribution in [0, 0.1) is 16.7 Å². The molecule has 1 aliphatic rings. The summed E-state index contributed by atoms with van der Waals surface area (Å²) in [6.45, 7) is 5.10. The first kappa shape index (κ1) is 19.9. The van der Waals surface area contributed by atoms with E-state index in [1.165, 1.54) is 18.7 Å². The highest BCUT2D eigenvalue weighted by Gasteiger charge is 2.43. The Morgan fingerprint density at radius 2 is 2.00 bits per heavy atom. The number of hydrogen-bond donors (Lipinski definition) is 1. The molecule has 1 heterocycles. The van der Waals surface area contributed by atoms with Crippen molar-refractivity contribution in [1.29, 1.82) is 5.26 Å². The van der Waals surface area contributed by atoms with E-state index in [-0.39, 0.29) is 11.5 Å². The van der Waals surface area contributed by atoms with Gasteiger partial charge in [0.2, 0.25) is 11.8 Å². The zero-order valence-electron chi connectivity index (χ0n) is 15.2. The monoisotopic (exact) mass is 377 g/mol. The lowest BCUT2D eigenvalue weighted by Crippen LogP contribution is -2.51. The van der Waals surface area contributed by atoms with Crippen molar-refractivity contribution in [3.05, 3.63) is 29.8 Å². The molecule has 0 aromatic heterocycles. The molecule has 7 nitrogen and oxygen atoms in total. The van der Waals surface area contributed by atoms with Gasteiger partial charge in [0.05, 0.1) is 22.8 Å². The van der Waals surface area contributed by atoms with E-state index in [9.17, 15) is 18.0 Å². The number of sulfone groups is 1. The predicted molar refractivity (Wildman–Crippen MR) is 98.0 cm³/mol. The van der Waals surface area contributed by atoms with Crippen LogP contribution in [0.3, 0.4) is 0 Å². The lowest BCUT2D eigenvalue weighted by molar-refractivity contribution is -0.147. The van der Waals surface area contributed by atoms with E-state index in [1.807, 2.05) is 6.07 Å². The molecule has 0 saturated carbocycles. The van der Waals surface area contributed by atoms with Crippen molar-refractivity contribution < 1.29 is 18.0 Å². The summed E-state index contributed by atoms with van der Waals surface area (Å²) >= 11 is 0. The Labute approximate surface area is 153 Å². The fourth-order valence-electron chi connectivity index (χ4n) is 3.01. The summed E-state index contributed by atoms with van der Waals surface area (Å²) in [6, 6.07) is 8.13. The van der Waals surface area contributed by atoms with Crippen LogP contribution in [0.5, 0.6) is 0 Å². The minimum absolute atomic E-state index is 0.0591. The number of rotatable bonds is 5. The third-order valence-electron chi connectivity index (χ3n) is 4.65. The molecule has 0 radical (unpaired) electrons. The molecule has 1 aromatic carbocycles. The number of carbonyl (C=O) groups is 2. The van der Waals surface area contributed by atoms with E-state index < -0.39 is 33.1 Å². The predicted octanol–water partition coefficient (Wildman–Crippen LogP) is 1.56. The molecular weight excluding hydrogens is 354 g/mol. The zero-order chi connectivity index (χ0) is 19.5. The molecule has 2 rings (SSSR count). The molecule has 0 bridgehead atoms. The standard InChI is InChI=1S/C18H23N3O4S/c1-4-21(14-9-10-26(24,25)12-14)17(23)18(2,3)16(22)20-15-8-6-5-7-13(15)11-19/h5-8,14H,4,9-10,12H2,1-3H3,(H,20,22). The lowest BCUT2D eigenvalue weighted by Gasteiger charge is -2.34. The van der Waals surface area contributed by atoms with Gasteiger partial charge >= 0.3 is 0 Å². The number of nitrogens with one attached hydrogen (secondary N) is 1. The largest absolute Gasteiger partial charge is 0.338 e. The van der Waals surface area contributed by atoms with Gasteiger partial charge in [0.15, 0.2) is 9.84 Å². The highest BCUT2D eigenvalue weighted by molar-refractivity contribution is 7.91. The van der Waals surface area contributed by atoms with E-state index in [0.717, 1.165) is 0 Å². The van der Waals surface area contributed by atoms with Crippen LogP contribution in [-0.4, -0.2) is 49.2 Å². The summed E-state index contributed by atoms with van der Waals surface area (Å²) in [4.78, 5) is 27.2. The topological polar surface area (TPSA) is 107 Å². The molecule has 1 N–H and O–H groups in total. The molecule has 1 unspecified atom stereocenters. The van der Waals surface area contributed by atoms with E-state index in [2.05, 4.69) is 5.32 Å². The van der Waals surface area contributed by atoms with Gasteiger partial charge in [-0.1, -0.05) is 12.1 Å². The van der Waals surface area contributed by atoms with Crippen LogP contribution in [0.4, 0.5) is 5.69 Å². The minimum Gasteiger partial charge on any atom is -0.338 e. The third kappa shape index (κ3) is 4.05. The number of anilines is 1. The van der Waals surface area contributed by atoms with E-state index in [4.69, 9.17) is 5.26 Å². The van der Waals surface area contributed by atoms with Gasteiger partial charge in [-0.25, -0.2) is 8.42 Å². The highest BCUT2D eigenvalue weighted by Crippen LogP contribution is 2.27. The number of amides is 2. The van der Waals surface area contributed by atoms with Crippen molar-refractivity contribution in [2.24, 2.45) is 5.41 Å². The second-order valence-corrected chi connectivity index (χ2v) is 9.11. The van der Waals surface area contributed by atoms with Crippen molar-refractivity contribution in [1.82, 2.24) is 4.90 Å². The second kappa shape index (κ2) is 7.46. The summed E-state index contributed by atoms with van der Waals surface area (Å²) in [5.74, 6) is -0.968. The molecule has 8 heteroatoms. The van der Waals surface area contributed by atoms with Crippen LogP contribution in [0.2, 0.25) is 0 Å². The molecule has 1 aliphatic heterocycles. The average molecular weight is 377 g/mol. The maximum absolute atomic E-state index is 13.0. The van der Waals surface area contributed by atoms with Gasteiger partial charge in [0.25, 0.3) is 0 Å². The smallest absolute Gasteiger partial charge is 0.239 e. The van der Waals surface area contributed by atoms with Crippen LogP contribution in [0.25, 0.3) is 0 Å². The van der Waals surface area contributed by atoms with Gasteiger partial charge < -0.3 is 10.2 Å². The summed E-state index contributed by atoms with van der Waals surface area (Å²) in [6.07, 6.45) is 0.386. The molecule has 0 aliphatic carbocycles. The van der Waals surface area contributed by atoms with Crippen molar-refractivity contribution in [3.63, 3.8) is 0 Å². The Balaban J connectivity index is 2.20. The van der Waals surface area contributed by atoms with Gasteiger partial charge in [-0.05, 0) is 39.3 Å². The highest BCUT2D eigenvalue weighted by atomic mass is 32.2. The van der Waals surface area contributed by atoms with Crippen molar-refractivity contribution in [2.45, 2.75) is 33.2 Å². The number of benzene rings is 1. The zero-order valence-corrected chi connectivity index (χ0v) is 16.0. The normalized spacial score (nSPS) is 18.8. The molecule has 26 heavy (non-hydrogen) atoms. The first-order chi connectivity index (χ1) is 12.1. The summed E-state index contributed by atoms with van der Waals surface area (Å²) in [5, 5.41) is 11.8. The Morgan fingerprint density at radius 3 is 2.54 bits per heavy atom. The molecule has 140 valence electrons. The summed E-state index contributed by atoms with van der Waals surface area (Å²) < 4.78 is 23.5. The first-order valence-corrected chi connectivity index (χ1v) is 10.3. The Bertz CT molecular complexity index is 855. The van der Waals surface area contributed by atoms with Crippen LogP contribution >= 0.6 is 0 Å². The number of nitrogens with zero attached hydrogens (tertiary/aromatic N) is 2. The SMILES string of the molecule is CCN(C(=O)C(C)(C)C(=O)Nc1ccccc1C#N)C1CCS(=O)(=O)C1. The molecule has 1 saturated heterocycles. The van der Waals surface area contributed by atoms with E-state index in [0.29, 0.717) is 24.2 Å². The van der Waals surface area contributed by atoms with Gasteiger partial charge in [-0.2, -0.15) is 5.26 Å². The molecular formula is C18H23N3O4S. The van der Waals surface area contributed by atoms with Gasteiger partial charge in [-0.15, -0.1) is 0 Å². The minimum atomic E-state index is -3.14. The number of carbonyl (C=O) groups excluding carboxylic acids is 2. The Morgan fingerprint density at radius 1 is 1.35 bits per heavy atom. The van der Waals surface area contributed by atoms with Crippen LogP contribution in [-0.2, 0) is 19.4 Å². The number of hydrogen-bond acceptors (Lipinski definition) is 5. The second-order valence-electron chi connectivity index (χ2n) is 6.88. The van der Waals surface area contributed by atoms with Crippen LogP contribution < -0.4 is 5.32 Å². The first-order valence-electron chi connectivity index (χ1n) is 8.44. The fraction of sp³-hybridized carbons (Fsp3) is 0.500. The van der Waals surface area contributed by atoms with Crippen molar-refractivity contribution in [2.75, 3.05) is 23.4 Å². The van der Waals surface area contributed by atoms with Crippen LogP contribution in [0.15, 0.2) is 24.3 Å². The number of para-hydroxylation sites is 1. The number of nitriles is 1. The molecule has 2 amide bonds. The van der Waals surface area contributed by atoms with Gasteiger partial charge in [0, 0.05) is 12.6 Å². The Hall–Kier alpha value is -2.40. The third-order valence-corrected chi connectivity index (χ3v) is 6.40. The lowest BCUT2D eigenvalue weighted by atomic mass is 9.89. The molecule has 1 atom stereocenters. The van der Waals surface area contributed by atoms with E-state index in [1.54, 1.807) is 31.2 Å². The maximum Gasteiger partial charge on any atom is 0.239 e. The molecule has 1 aromatic rings. The average Bonchev–Trinajstić information content (AvgIpc) is 2.95. The summed E-state index contributed by atoms with van der Waals surface area (Å²) in [5.41, 5.74) is -0.754. The summed E-state index contributed by atoms with van der Waals surface area (Å²) in [7, 11) is -3.14. The Kier molecular flexibility index (Phi) is 5.71. The van der Waals surface area contributed by atoms with Crippen LogP contribution in [0.1, 0.15) is 32.8 Å². The maximum atomic E-state index is 13.0. The molecule has 1 fully saturated rings. The van der Waals surface area contributed by atoms with Crippen molar-refractivity contribution in [3.8, 4) is 6.07 Å². The van der Waals surface area contributed by atoms with Gasteiger partial charge in [-0.3, -0.25) is 9.59 Å². The van der Waals surface area contributed by atoms with Gasteiger partial charge in [0.1, 0.15) is 11.5 Å². The van der Waals surface area contributed by atoms with Crippen molar-refractivity contribution >= 4 is 27.3 Å². The molecule has 0 spiro atoms. The van der Waals surface area contributed by atoms with E-state index >= 15 is 0 Å².